The Morgan fingerprint density at radius 2 is 1.96 bits per heavy atom. The number of ether oxygens (including phenoxy) is 2. The van der Waals surface area contributed by atoms with Crippen LogP contribution in [0.4, 0.5) is 5.69 Å². The summed E-state index contributed by atoms with van der Waals surface area (Å²) in [5.74, 6) is 0.819. The van der Waals surface area contributed by atoms with Gasteiger partial charge in [-0.05, 0) is 43.1 Å². The maximum absolute atomic E-state index is 6.24. The Bertz CT molecular complexity index is 637. The van der Waals surface area contributed by atoms with E-state index < -0.39 is 0 Å². The molecule has 1 saturated heterocycles. The molecule has 0 amide bonds. The average Bonchev–Trinajstić information content (AvgIpc) is 2.61. The zero-order valence-corrected chi connectivity index (χ0v) is 14.7. The predicted octanol–water partition coefficient (Wildman–Crippen LogP) is 3.71. The molecule has 0 radical (unpaired) electrons. The van der Waals surface area contributed by atoms with Crippen molar-refractivity contribution in [3.05, 3.63) is 59.7 Å². The fourth-order valence-corrected chi connectivity index (χ4v) is 3.14. The van der Waals surface area contributed by atoms with Crippen molar-refractivity contribution in [3.63, 3.8) is 0 Å². The lowest BCUT2D eigenvalue weighted by atomic mass is 9.94. The third-order valence-corrected chi connectivity index (χ3v) is 4.32. The van der Waals surface area contributed by atoms with Crippen molar-refractivity contribution in [1.29, 1.82) is 0 Å². The molecule has 2 aromatic rings. The summed E-state index contributed by atoms with van der Waals surface area (Å²) in [6, 6.07) is 16.4. The van der Waals surface area contributed by atoms with Crippen LogP contribution < -0.4 is 15.8 Å². The van der Waals surface area contributed by atoms with E-state index in [4.69, 9.17) is 15.2 Å². The average molecular weight is 349 g/mol. The Labute approximate surface area is 149 Å². The van der Waals surface area contributed by atoms with E-state index in [9.17, 15) is 0 Å². The molecule has 0 spiro atoms. The molecular weight excluding hydrogens is 324 g/mol. The highest BCUT2D eigenvalue weighted by molar-refractivity contribution is 5.85. The second kappa shape index (κ2) is 8.92. The van der Waals surface area contributed by atoms with Crippen LogP contribution in [-0.2, 0) is 11.3 Å². The summed E-state index contributed by atoms with van der Waals surface area (Å²) >= 11 is 0. The molecule has 24 heavy (non-hydrogen) atoms. The lowest BCUT2D eigenvalue weighted by molar-refractivity contribution is -0.00423. The van der Waals surface area contributed by atoms with Gasteiger partial charge in [0, 0.05) is 11.3 Å². The Hall–Kier alpha value is -1.75. The molecular formula is C19H25ClN2O2. The van der Waals surface area contributed by atoms with Crippen LogP contribution in [0.25, 0.3) is 0 Å². The molecule has 0 unspecified atom stereocenters. The highest BCUT2D eigenvalue weighted by atomic mass is 35.5. The third-order valence-electron chi connectivity index (χ3n) is 4.32. The number of piperidine rings is 1. The molecule has 4 nitrogen and oxygen atoms in total. The molecule has 3 N–H and O–H groups in total. The minimum atomic E-state index is 0. The van der Waals surface area contributed by atoms with Crippen LogP contribution in [-0.4, -0.2) is 19.8 Å². The number of benzene rings is 2. The number of methoxy groups -OCH3 is 1. The smallest absolute Gasteiger partial charge is 0.124 e. The third kappa shape index (κ3) is 4.41. The van der Waals surface area contributed by atoms with Crippen molar-refractivity contribution in [1.82, 2.24) is 5.32 Å². The number of halogens is 1. The van der Waals surface area contributed by atoms with E-state index in [0.717, 1.165) is 36.4 Å². The van der Waals surface area contributed by atoms with Gasteiger partial charge in [0.25, 0.3) is 0 Å². The van der Waals surface area contributed by atoms with Gasteiger partial charge in [-0.1, -0.05) is 30.3 Å². The van der Waals surface area contributed by atoms with Crippen LogP contribution in [0.3, 0.4) is 0 Å². The monoisotopic (exact) mass is 348 g/mol. The van der Waals surface area contributed by atoms with Gasteiger partial charge in [-0.25, -0.2) is 0 Å². The number of nitrogens with one attached hydrogen (secondary N) is 1. The highest BCUT2D eigenvalue weighted by Crippen LogP contribution is 2.29. The Kier molecular flexibility index (Phi) is 6.91. The molecule has 5 heteroatoms. The van der Waals surface area contributed by atoms with E-state index in [0.29, 0.717) is 6.61 Å². The molecule has 0 bridgehead atoms. The predicted molar refractivity (Wildman–Crippen MR) is 99.7 cm³/mol. The van der Waals surface area contributed by atoms with Gasteiger partial charge in [0.2, 0.25) is 0 Å². The Balaban J connectivity index is 0.00000208. The van der Waals surface area contributed by atoms with E-state index in [1.54, 1.807) is 7.11 Å². The Morgan fingerprint density at radius 1 is 1.17 bits per heavy atom. The fraction of sp³-hybridized carbons (Fsp3) is 0.368. The summed E-state index contributed by atoms with van der Waals surface area (Å²) in [6.07, 6.45) is 2.33. The summed E-state index contributed by atoms with van der Waals surface area (Å²) in [7, 11) is 1.67. The fourth-order valence-electron chi connectivity index (χ4n) is 3.14. The molecule has 0 aromatic heterocycles. The quantitative estimate of drug-likeness (QED) is 0.809. The van der Waals surface area contributed by atoms with Gasteiger partial charge >= 0.3 is 0 Å². The van der Waals surface area contributed by atoms with Gasteiger partial charge in [-0.2, -0.15) is 0 Å². The minimum absolute atomic E-state index is 0. The standard InChI is InChI=1S/C19H24N2O2.ClH/c1-22-17-10-9-16(20)12-15(17)13-23-18-8-5-11-21-19(18)14-6-3-2-4-7-14;/h2-4,6-7,9-10,12,18-19,21H,5,8,11,13,20H2,1H3;1H/t18-,19-;/m0./s1. The maximum Gasteiger partial charge on any atom is 0.124 e. The van der Waals surface area contributed by atoms with E-state index >= 15 is 0 Å². The van der Waals surface area contributed by atoms with Gasteiger partial charge < -0.3 is 20.5 Å². The largest absolute Gasteiger partial charge is 0.496 e. The van der Waals surface area contributed by atoms with Crippen molar-refractivity contribution >= 4 is 18.1 Å². The van der Waals surface area contributed by atoms with E-state index in [1.165, 1.54) is 5.56 Å². The summed E-state index contributed by atoms with van der Waals surface area (Å²) in [6.45, 7) is 1.53. The summed E-state index contributed by atoms with van der Waals surface area (Å²) in [4.78, 5) is 0. The normalized spacial score (nSPS) is 20.2. The van der Waals surface area contributed by atoms with Crippen LogP contribution in [0.2, 0.25) is 0 Å². The molecule has 1 fully saturated rings. The van der Waals surface area contributed by atoms with Gasteiger partial charge in [0.1, 0.15) is 5.75 Å². The second-order valence-electron chi connectivity index (χ2n) is 5.91. The topological polar surface area (TPSA) is 56.5 Å². The first-order valence-corrected chi connectivity index (χ1v) is 8.10. The number of anilines is 1. The van der Waals surface area contributed by atoms with Crippen molar-refractivity contribution in [2.45, 2.75) is 31.6 Å². The SMILES string of the molecule is COc1ccc(N)cc1CO[C@H]1CCCN[C@H]1c1ccccc1.Cl. The van der Waals surface area contributed by atoms with Crippen LogP contribution in [0.15, 0.2) is 48.5 Å². The van der Waals surface area contributed by atoms with Gasteiger partial charge in [-0.3, -0.25) is 0 Å². The van der Waals surface area contributed by atoms with Gasteiger partial charge in [-0.15, -0.1) is 12.4 Å². The number of hydrogen-bond acceptors (Lipinski definition) is 4. The number of nitrogens with two attached hydrogens (primary N) is 1. The van der Waals surface area contributed by atoms with Crippen molar-refractivity contribution in [2.75, 3.05) is 19.4 Å². The first-order valence-electron chi connectivity index (χ1n) is 8.10. The molecule has 0 aliphatic carbocycles. The summed E-state index contributed by atoms with van der Waals surface area (Å²) in [5, 5.41) is 3.58. The lowest BCUT2D eigenvalue weighted by Gasteiger charge is -2.33. The Morgan fingerprint density at radius 3 is 2.71 bits per heavy atom. The van der Waals surface area contributed by atoms with Crippen LogP contribution in [0.5, 0.6) is 5.75 Å². The summed E-state index contributed by atoms with van der Waals surface area (Å²) < 4.78 is 11.6. The summed E-state index contributed by atoms with van der Waals surface area (Å²) in [5.41, 5.74) is 8.88. The molecule has 1 aliphatic heterocycles. The number of nitrogen functional groups attached to an aromatic ring is 1. The van der Waals surface area contributed by atoms with Crippen LogP contribution in [0.1, 0.15) is 30.0 Å². The zero-order valence-electron chi connectivity index (χ0n) is 13.9. The van der Waals surface area contributed by atoms with E-state index in [-0.39, 0.29) is 24.6 Å². The first-order chi connectivity index (χ1) is 11.3. The van der Waals surface area contributed by atoms with Crippen LogP contribution in [0, 0.1) is 0 Å². The van der Waals surface area contributed by atoms with E-state index in [2.05, 4.69) is 29.6 Å². The van der Waals surface area contributed by atoms with Gasteiger partial charge in [0.15, 0.2) is 0 Å². The zero-order chi connectivity index (χ0) is 16.1. The van der Waals surface area contributed by atoms with Gasteiger partial charge in [0.05, 0.1) is 25.9 Å². The number of hydrogen-bond donors (Lipinski definition) is 2. The van der Waals surface area contributed by atoms with E-state index in [1.807, 2.05) is 24.3 Å². The number of rotatable bonds is 5. The molecule has 2 aromatic carbocycles. The second-order valence-corrected chi connectivity index (χ2v) is 5.91. The molecule has 3 rings (SSSR count). The highest BCUT2D eigenvalue weighted by Gasteiger charge is 2.27. The molecule has 0 saturated carbocycles. The minimum Gasteiger partial charge on any atom is -0.496 e. The first kappa shape index (κ1) is 18.6. The lowest BCUT2D eigenvalue weighted by Crippen LogP contribution is -2.39. The van der Waals surface area contributed by atoms with Crippen molar-refractivity contribution in [2.24, 2.45) is 0 Å². The van der Waals surface area contributed by atoms with Crippen molar-refractivity contribution in [3.8, 4) is 5.75 Å². The maximum atomic E-state index is 6.24. The molecule has 1 heterocycles. The molecule has 1 aliphatic rings. The molecule has 130 valence electrons. The van der Waals surface area contributed by atoms with Crippen molar-refractivity contribution < 1.29 is 9.47 Å². The van der Waals surface area contributed by atoms with Crippen LogP contribution >= 0.6 is 12.4 Å². The molecule has 2 atom stereocenters.